The quantitative estimate of drug-likeness (QED) is 0.800. The highest BCUT2D eigenvalue weighted by Crippen LogP contribution is 2.13. The first-order chi connectivity index (χ1) is 9.02. The molecular formula is C12H16ClN5O. The molecule has 0 radical (unpaired) electrons. The lowest BCUT2D eigenvalue weighted by Crippen LogP contribution is -2.27. The lowest BCUT2D eigenvalue weighted by Gasteiger charge is -2.14. The van der Waals surface area contributed by atoms with Crippen molar-refractivity contribution in [3.63, 3.8) is 0 Å². The SMILES string of the molecule is CCn1ncnc1Cn1c(C(C)C)nc(Cl)cc1=O. The highest BCUT2D eigenvalue weighted by atomic mass is 35.5. The number of hydrogen-bond donors (Lipinski definition) is 0. The van der Waals surface area contributed by atoms with E-state index in [9.17, 15) is 4.79 Å². The maximum atomic E-state index is 12.1. The van der Waals surface area contributed by atoms with Gasteiger partial charge < -0.3 is 0 Å². The Morgan fingerprint density at radius 1 is 1.42 bits per heavy atom. The minimum Gasteiger partial charge on any atom is -0.289 e. The van der Waals surface area contributed by atoms with E-state index in [1.165, 1.54) is 12.4 Å². The minimum atomic E-state index is -0.172. The standard InChI is InChI=1S/C12H16ClN5O/c1-4-18-10(14-7-15-18)6-17-11(19)5-9(13)16-12(17)8(2)3/h5,7-8H,4,6H2,1-3H3. The number of nitrogens with zero attached hydrogens (tertiary/aromatic N) is 5. The van der Waals surface area contributed by atoms with Crippen molar-refractivity contribution in [3.8, 4) is 0 Å². The summed E-state index contributed by atoms with van der Waals surface area (Å²) in [5.74, 6) is 1.49. The molecule has 0 spiro atoms. The average molecular weight is 282 g/mol. The first-order valence-corrected chi connectivity index (χ1v) is 6.54. The summed E-state index contributed by atoms with van der Waals surface area (Å²) in [7, 11) is 0. The van der Waals surface area contributed by atoms with Crippen LogP contribution in [0.15, 0.2) is 17.2 Å². The van der Waals surface area contributed by atoms with Gasteiger partial charge in [0.15, 0.2) is 0 Å². The van der Waals surface area contributed by atoms with Crippen LogP contribution < -0.4 is 5.56 Å². The lowest BCUT2D eigenvalue weighted by molar-refractivity contribution is 0.555. The number of hydrogen-bond acceptors (Lipinski definition) is 4. The number of aryl methyl sites for hydroxylation is 1. The van der Waals surface area contributed by atoms with E-state index in [0.717, 1.165) is 5.82 Å². The van der Waals surface area contributed by atoms with Crippen molar-refractivity contribution >= 4 is 11.6 Å². The van der Waals surface area contributed by atoms with E-state index in [1.807, 2.05) is 20.8 Å². The molecule has 0 amide bonds. The lowest BCUT2D eigenvalue weighted by atomic mass is 10.2. The van der Waals surface area contributed by atoms with Gasteiger partial charge in [0.05, 0.1) is 6.54 Å². The molecule has 7 heteroatoms. The summed E-state index contributed by atoms with van der Waals surface area (Å²) >= 11 is 5.85. The highest BCUT2D eigenvalue weighted by molar-refractivity contribution is 6.29. The normalized spacial score (nSPS) is 11.2. The zero-order chi connectivity index (χ0) is 14.0. The van der Waals surface area contributed by atoms with E-state index in [2.05, 4.69) is 15.1 Å². The molecule has 2 rings (SSSR count). The van der Waals surface area contributed by atoms with Crippen LogP contribution in [0, 0.1) is 0 Å². The van der Waals surface area contributed by atoms with E-state index in [1.54, 1.807) is 9.25 Å². The van der Waals surface area contributed by atoms with Gasteiger partial charge in [-0.2, -0.15) is 5.10 Å². The van der Waals surface area contributed by atoms with Gasteiger partial charge in [0.25, 0.3) is 5.56 Å². The van der Waals surface area contributed by atoms with E-state index in [-0.39, 0.29) is 16.6 Å². The van der Waals surface area contributed by atoms with Crippen molar-refractivity contribution in [1.82, 2.24) is 24.3 Å². The van der Waals surface area contributed by atoms with Crippen molar-refractivity contribution in [1.29, 1.82) is 0 Å². The van der Waals surface area contributed by atoms with Crippen molar-refractivity contribution in [3.05, 3.63) is 39.5 Å². The van der Waals surface area contributed by atoms with Gasteiger partial charge in [0.1, 0.15) is 23.1 Å². The Morgan fingerprint density at radius 2 is 2.16 bits per heavy atom. The highest BCUT2D eigenvalue weighted by Gasteiger charge is 2.14. The van der Waals surface area contributed by atoms with Crippen LogP contribution in [0.25, 0.3) is 0 Å². The molecule has 2 heterocycles. The second kappa shape index (κ2) is 5.52. The Balaban J connectivity index is 2.48. The molecule has 2 aromatic heterocycles. The summed E-state index contributed by atoms with van der Waals surface area (Å²) in [4.78, 5) is 20.5. The van der Waals surface area contributed by atoms with Gasteiger partial charge in [0, 0.05) is 18.5 Å². The molecule has 0 atom stereocenters. The van der Waals surface area contributed by atoms with E-state index < -0.39 is 0 Å². The molecule has 0 N–H and O–H groups in total. The van der Waals surface area contributed by atoms with Crippen LogP contribution >= 0.6 is 11.6 Å². The topological polar surface area (TPSA) is 65.6 Å². The van der Waals surface area contributed by atoms with Crippen LogP contribution in [0.1, 0.15) is 38.3 Å². The molecule has 0 fully saturated rings. The molecule has 6 nitrogen and oxygen atoms in total. The van der Waals surface area contributed by atoms with Crippen LogP contribution in [0.3, 0.4) is 0 Å². The fourth-order valence-electron chi connectivity index (χ4n) is 1.91. The maximum Gasteiger partial charge on any atom is 0.255 e. The van der Waals surface area contributed by atoms with E-state index in [4.69, 9.17) is 11.6 Å². The smallest absolute Gasteiger partial charge is 0.255 e. The number of rotatable bonds is 4. The van der Waals surface area contributed by atoms with Gasteiger partial charge in [-0.1, -0.05) is 25.4 Å². The Labute approximate surface area is 116 Å². The Bertz CT molecular complexity index is 631. The van der Waals surface area contributed by atoms with E-state index >= 15 is 0 Å². The molecule has 0 unspecified atom stereocenters. The van der Waals surface area contributed by atoms with E-state index in [0.29, 0.717) is 18.9 Å². The first-order valence-electron chi connectivity index (χ1n) is 6.16. The molecule has 2 aromatic rings. The van der Waals surface area contributed by atoms with Gasteiger partial charge in [-0.15, -0.1) is 0 Å². The maximum absolute atomic E-state index is 12.1. The third-order valence-corrected chi connectivity index (χ3v) is 3.01. The van der Waals surface area contributed by atoms with Gasteiger partial charge in [-0.05, 0) is 6.92 Å². The average Bonchev–Trinajstić information content (AvgIpc) is 2.79. The first kappa shape index (κ1) is 13.7. The van der Waals surface area contributed by atoms with Crippen LogP contribution in [0.2, 0.25) is 5.15 Å². The van der Waals surface area contributed by atoms with Gasteiger partial charge >= 0.3 is 0 Å². The Hall–Kier alpha value is -1.69. The Morgan fingerprint density at radius 3 is 2.79 bits per heavy atom. The minimum absolute atomic E-state index is 0.101. The summed E-state index contributed by atoms with van der Waals surface area (Å²) < 4.78 is 3.35. The summed E-state index contributed by atoms with van der Waals surface area (Å²) in [6.45, 7) is 6.98. The molecule has 102 valence electrons. The Kier molecular flexibility index (Phi) is 3.99. The summed E-state index contributed by atoms with van der Waals surface area (Å²) in [6, 6.07) is 1.32. The van der Waals surface area contributed by atoms with Gasteiger partial charge in [0.2, 0.25) is 0 Å². The molecule has 0 aliphatic heterocycles. The third-order valence-electron chi connectivity index (χ3n) is 2.82. The molecule has 0 aliphatic rings. The van der Waals surface area contributed by atoms with Crippen LogP contribution in [0.4, 0.5) is 0 Å². The largest absolute Gasteiger partial charge is 0.289 e. The zero-order valence-electron chi connectivity index (χ0n) is 11.2. The fraction of sp³-hybridized carbons (Fsp3) is 0.500. The van der Waals surface area contributed by atoms with Crippen LogP contribution in [-0.2, 0) is 13.1 Å². The monoisotopic (exact) mass is 281 g/mol. The van der Waals surface area contributed by atoms with Crippen LogP contribution in [0.5, 0.6) is 0 Å². The summed E-state index contributed by atoms with van der Waals surface area (Å²) in [5.41, 5.74) is -0.172. The van der Waals surface area contributed by atoms with Crippen molar-refractivity contribution in [2.24, 2.45) is 0 Å². The molecule has 0 bridgehead atoms. The van der Waals surface area contributed by atoms with Crippen molar-refractivity contribution in [2.45, 2.75) is 39.8 Å². The molecule has 0 saturated carbocycles. The molecular weight excluding hydrogens is 266 g/mol. The summed E-state index contributed by atoms with van der Waals surface area (Å²) in [5, 5.41) is 4.32. The van der Waals surface area contributed by atoms with Gasteiger partial charge in [-0.25, -0.2) is 14.6 Å². The zero-order valence-corrected chi connectivity index (χ0v) is 11.9. The van der Waals surface area contributed by atoms with Crippen LogP contribution in [-0.4, -0.2) is 24.3 Å². The second-order valence-corrected chi connectivity index (χ2v) is 4.90. The molecule has 0 aliphatic carbocycles. The molecule has 0 saturated heterocycles. The predicted octanol–water partition coefficient (Wildman–Crippen LogP) is 1.68. The summed E-state index contributed by atoms with van der Waals surface area (Å²) in [6.07, 6.45) is 1.49. The molecule has 0 aromatic carbocycles. The third kappa shape index (κ3) is 2.84. The number of aromatic nitrogens is 5. The fourth-order valence-corrected chi connectivity index (χ4v) is 2.09. The predicted molar refractivity (Wildman–Crippen MR) is 72.4 cm³/mol. The molecule has 19 heavy (non-hydrogen) atoms. The van der Waals surface area contributed by atoms with Crippen molar-refractivity contribution in [2.75, 3.05) is 0 Å². The van der Waals surface area contributed by atoms with Gasteiger partial charge in [-0.3, -0.25) is 9.36 Å². The van der Waals surface area contributed by atoms with Crippen molar-refractivity contribution < 1.29 is 0 Å². The number of halogens is 1. The second-order valence-electron chi connectivity index (χ2n) is 4.51.